The van der Waals surface area contributed by atoms with Crippen molar-refractivity contribution in [3.63, 3.8) is 0 Å². The first-order valence-electron chi connectivity index (χ1n) is 7.16. The van der Waals surface area contributed by atoms with Crippen LogP contribution in [0.25, 0.3) is 0 Å². The van der Waals surface area contributed by atoms with E-state index in [0.717, 1.165) is 14.8 Å². The highest BCUT2D eigenvalue weighted by Gasteiger charge is 2.47. The predicted molar refractivity (Wildman–Crippen MR) is 88.1 cm³/mol. The van der Waals surface area contributed by atoms with Crippen molar-refractivity contribution in [1.82, 2.24) is 3.71 Å². The molecule has 2 aromatic rings. The Hall–Kier alpha value is -1.54. The van der Waals surface area contributed by atoms with Crippen LogP contribution in [-0.2, 0) is 25.5 Å². The molecule has 1 fully saturated rings. The van der Waals surface area contributed by atoms with Gasteiger partial charge in [0.25, 0.3) is 21.3 Å². The third-order valence-electron chi connectivity index (χ3n) is 3.75. The van der Waals surface area contributed by atoms with Crippen molar-refractivity contribution in [3.05, 3.63) is 65.7 Å². The van der Waals surface area contributed by atoms with Gasteiger partial charge < -0.3 is 0 Å². The van der Waals surface area contributed by atoms with E-state index in [1.54, 1.807) is 19.1 Å². The van der Waals surface area contributed by atoms with Gasteiger partial charge in [0.1, 0.15) is 0 Å². The quantitative estimate of drug-likeness (QED) is 0.853. The number of benzene rings is 2. The van der Waals surface area contributed by atoms with Crippen LogP contribution in [0.4, 0.5) is 0 Å². The average Bonchev–Trinajstić information content (AvgIpc) is 2.83. The molecule has 0 aromatic heterocycles. The van der Waals surface area contributed by atoms with Gasteiger partial charge in [0.15, 0.2) is 0 Å². The first kappa shape index (κ1) is 16.3. The van der Waals surface area contributed by atoms with E-state index in [1.807, 2.05) is 37.3 Å². The average molecular weight is 351 g/mol. The molecule has 0 unspecified atom stereocenters. The molecule has 0 spiro atoms. The fraction of sp³-hybridized carbons (Fsp3) is 0.250. The molecule has 122 valence electrons. The molecule has 3 atom stereocenters. The van der Waals surface area contributed by atoms with Crippen LogP contribution in [0.15, 0.2) is 59.5 Å². The Kier molecular flexibility index (Phi) is 4.37. The summed E-state index contributed by atoms with van der Waals surface area (Å²) in [6, 6.07) is 15.0. The molecular formula is C16H17NO4S2. The monoisotopic (exact) mass is 351 g/mol. The Morgan fingerprint density at radius 3 is 2.26 bits per heavy atom. The van der Waals surface area contributed by atoms with Crippen LogP contribution in [-0.4, -0.2) is 22.4 Å². The maximum Gasteiger partial charge on any atom is 0.256 e. The van der Waals surface area contributed by atoms with Gasteiger partial charge in [0.05, 0.1) is 17.0 Å². The lowest BCUT2D eigenvalue weighted by Gasteiger charge is -2.22. The summed E-state index contributed by atoms with van der Waals surface area (Å²) >= 11 is -2.05. The minimum absolute atomic E-state index is 0.107. The highest BCUT2D eigenvalue weighted by atomic mass is 32.3. The van der Waals surface area contributed by atoms with Crippen molar-refractivity contribution in [2.24, 2.45) is 0 Å². The Morgan fingerprint density at radius 1 is 1.04 bits per heavy atom. The normalized spacial score (nSPS) is 25.6. The standard InChI is InChI=1S/C16H17NO4S2/c1-12-8-10-15(11-9-12)23(19,20)17-16(13(2)21-22(17)18)14-6-4-3-5-7-14/h3-11,13,16H,1-2H3/t13-,16-,22-/m0/s1. The first-order chi connectivity index (χ1) is 10.9. The SMILES string of the molecule is Cc1ccc(S(=O)(=O)N2[C@H](c3ccccc3)[C@H](C)O[S@@]2=O)cc1. The van der Waals surface area contributed by atoms with Crippen LogP contribution < -0.4 is 0 Å². The Balaban J connectivity index is 2.08. The number of hydrogen-bond donors (Lipinski definition) is 0. The van der Waals surface area contributed by atoms with Gasteiger partial charge in [-0.1, -0.05) is 51.7 Å². The topological polar surface area (TPSA) is 63.7 Å². The second kappa shape index (κ2) is 6.16. The summed E-state index contributed by atoms with van der Waals surface area (Å²) in [5.74, 6) is 0. The predicted octanol–water partition coefficient (Wildman–Crippen LogP) is 2.72. The van der Waals surface area contributed by atoms with Gasteiger partial charge in [-0.2, -0.15) is 0 Å². The summed E-state index contributed by atoms with van der Waals surface area (Å²) in [5, 5.41) is 0. The molecule has 0 bridgehead atoms. The number of rotatable bonds is 3. The van der Waals surface area contributed by atoms with Crippen molar-refractivity contribution in [3.8, 4) is 0 Å². The van der Waals surface area contributed by atoms with Crippen LogP contribution in [0.3, 0.4) is 0 Å². The summed E-state index contributed by atoms with van der Waals surface area (Å²) in [4.78, 5) is 0.107. The van der Waals surface area contributed by atoms with Gasteiger partial charge in [0.2, 0.25) is 0 Å². The molecule has 2 aromatic carbocycles. The molecule has 0 radical (unpaired) electrons. The van der Waals surface area contributed by atoms with Gasteiger partial charge >= 0.3 is 0 Å². The lowest BCUT2D eigenvalue weighted by atomic mass is 10.0. The molecule has 0 aliphatic carbocycles. The molecule has 1 aliphatic heterocycles. The van der Waals surface area contributed by atoms with Gasteiger partial charge in [0, 0.05) is 0 Å². The van der Waals surface area contributed by atoms with Crippen molar-refractivity contribution in [2.75, 3.05) is 0 Å². The lowest BCUT2D eigenvalue weighted by Crippen LogP contribution is -2.33. The van der Waals surface area contributed by atoms with Crippen LogP contribution in [0.1, 0.15) is 24.1 Å². The fourth-order valence-electron chi connectivity index (χ4n) is 2.58. The molecule has 3 rings (SSSR count). The minimum Gasteiger partial charge on any atom is -0.272 e. The zero-order valence-electron chi connectivity index (χ0n) is 12.7. The first-order valence-corrected chi connectivity index (χ1v) is 9.63. The largest absolute Gasteiger partial charge is 0.272 e. The Labute approximate surface area is 138 Å². The van der Waals surface area contributed by atoms with E-state index < -0.39 is 33.4 Å². The van der Waals surface area contributed by atoms with E-state index in [2.05, 4.69) is 0 Å². The van der Waals surface area contributed by atoms with Crippen molar-refractivity contribution in [1.29, 1.82) is 0 Å². The minimum atomic E-state index is -3.93. The third kappa shape index (κ3) is 2.97. The van der Waals surface area contributed by atoms with Crippen LogP contribution in [0.5, 0.6) is 0 Å². The molecular weight excluding hydrogens is 334 g/mol. The summed E-state index contributed by atoms with van der Waals surface area (Å²) in [6.07, 6.45) is -0.501. The lowest BCUT2D eigenvalue weighted by molar-refractivity contribution is 0.235. The number of hydrogen-bond acceptors (Lipinski definition) is 4. The highest BCUT2D eigenvalue weighted by Crippen LogP contribution is 2.39. The van der Waals surface area contributed by atoms with Gasteiger partial charge in [-0.3, -0.25) is 4.18 Å². The third-order valence-corrected chi connectivity index (χ3v) is 7.26. The van der Waals surface area contributed by atoms with Crippen molar-refractivity contribution >= 4 is 21.3 Å². The molecule has 1 aliphatic rings. The van der Waals surface area contributed by atoms with E-state index in [9.17, 15) is 12.6 Å². The highest BCUT2D eigenvalue weighted by molar-refractivity contribution is 7.99. The maximum absolute atomic E-state index is 12.9. The summed E-state index contributed by atoms with van der Waals surface area (Å²) in [6.45, 7) is 3.60. The van der Waals surface area contributed by atoms with E-state index in [-0.39, 0.29) is 4.90 Å². The summed E-state index contributed by atoms with van der Waals surface area (Å²) in [5.41, 5.74) is 1.71. The number of nitrogens with zero attached hydrogens (tertiary/aromatic N) is 1. The molecule has 23 heavy (non-hydrogen) atoms. The zero-order chi connectivity index (χ0) is 16.6. The van der Waals surface area contributed by atoms with E-state index in [4.69, 9.17) is 4.18 Å². The van der Waals surface area contributed by atoms with Crippen LogP contribution >= 0.6 is 0 Å². The molecule has 0 saturated carbocycles. The Bertz CT molecular complexity index is 819. The molecule has 0 N–H and O–H groups in total. The molecule has 1 saturated heterocycles. The maximum atomic E-state index is 12.9. The van der Waals surface area contributed by atoms with E-state index in [0.29, 0.717) is 0 Å². The van der Waals surface area contributed by atoms with Crippen molar-refractivity contribution < 1.29 is 16.8 Å². The fourth-order valence-corrected chi connectivity index (χ4v) is 5.79. The summed E-state index contributed by atoms with van der Waals surface area (Å²) in [7, 11) is -3.93. The molecule has 5 nitrogen and oxygen atoms in total. The zero-order valence-corrected chi connectivity index (χ0v) is 14.4. The van der Waals surface area contributed by atoms with Gasteiger partial charge in [-0.25, -0.2) is 12.6 Å². The molecule has 1 heterocycles. The molecule has 0 amide bonds. The second-order valence-electron chi connectivity index (χ2n) is 5.45. The van der Waals surface area contributed by atoms with Crippen LogP contribution in [0, 0.1) is 6.92 Å². The number of sulfonamides is 1. The van der Waals surface area contributed by atoms with Gasteiger partial charge in [-0.15, -0.1) is 0 Å². The Morgan fingerprint density at radius 2 is 1.65 bits per heavy atom. The number of aryl methyl sites for hydroxylation is 1. The smallest absolute Gasteiger partial charge is 0.256 e. The second-order valence-corrected chi connectivity index (χ2v) is 8.51. The van der Waals surface area contributed by atoms with Gasteiger partial charge in [-0.05, 0) is 31.5 Å². The van der Waals surface area contributed by atoms with E-state index in [1.165, 1.54) is 12.1 Å². The van der Waals surface area contributed by atoms with Crippen LogP contribution in [0.2, 0.25) is 0 Å². The van der Waals surface area contributed by atoms with E-state index >= 15 is 0 Å². The summed E-state index contributed by atoms with van der Waals surface area (Å²) < 4.78 is 44.4. The van der Waals surface area contributed by atoms with Crippen molar-refractivity contribution in [2.45, 2.75) is 30.9 Å². The molecule has 7 heteroatoms.